The van der Waals surface area contributed by atoms with Crippen LogP contribution in [-0.4, -0.2) is 39.9 Å². The molecule has 2 rings (SSSR count). The summed E-state index contributed by atoms with van der Waals surface area (Å²) in [5.74, 6) is 1.75. The molecule has 1 N–H and O–H groups in total. The Bertz CT molecular complexity index is 509. The standard InChI is InChI=1S/C15H21NO5.ClH/c1-4-20-13(17)7-8-16-11-9-21-14-10(11)5-6-12(18-2)15(14)19-3;/h5-6,11,16H,4,7-9H2,1-3H3;1H. The first-order valence-corrected chi connectivity index (χ1v) is 6.97. The number of rotatable bonds is 7. The molecule has 0 aliphatic carbocycles. The Balaban J connectivity index is 0.00000242. The van der Waals surface area contributed by atoms with Crippen LogP contribution in [0.15, 0.2) is 12.1 Å². The smallest absolute Gasteiger partial charge is 0.307 e. The Morgan fingerprint density at radius 2 is 2.14 bits per heavy atom. The molecule has 1 unspecified atom stereocenters. The fourth-order valence-corrected chi connectivity index (χ4v) is 2.34. The van der Waals surface area contributed by atoms with E-state index in [-0.39, 0.29) is 24.4 Å². The summed E-state index contributed by atoms with van der Waals surface area (Å²) in [4.78, 5) is 11.3. The van der Waals surface area contributed by atoms with Gasteiger partial charge in [0.05, 0.1) is 33.3 Å². The largest absolute Gasteiger partial charge is 0.493 e. The highest BCUT2D eigenvalue weighted by atomic mass is 35.5. The number of esters is 1. The van der Waals surface area contributed by atoms with Gasteiger partial charge in [0.25, 0.3) is 0 Å². The van der Waals surface area contributed by atoms with Gasteiger partial charge in [-0.1, -0.05) is 0 Å². The van der Waals surface area contributed by atoms with E-state index in [0.29, 0.717) is 43.4 Å². The van der Waals surface area contributed by atoms with Crippen molar-refractivity contribution in [2.45, 2.75) is 19.4 Å². The number of carbonyl (C=O) groups is 1. The maximum atomic E-state index is 11.3. The van der Waals surface area contributed by atoms with Crippen molar-refractivity contribution >= 4 is 18.4 Å². The molecule has 6 nitrogen and oxygen atoms in total. The van der Waals surface area contributed by atoms with Gasteiger partial charge in [-0.15, -0.1) is 12.4 Å². The number of halogens is 1. The summed E-state index contributed by atoms with van der Waals surface area (Å²) >= 11 is 0. The zero-order chi connectivity index (χ0) is 15.2. The van der Waals surface area contributed by atoms with Gasteiger partial charge in [0.1, 0.15) is 6.61 Å². The van der Waals surface area contributed by atoms with Crippen molar-refractivity contribution in [2.75, 3.05) is 34.0 Å². The van der Waals surface area contributed by atoms with E-state index in [2.05, 4.69) is 5.32 Å². The van der Waals surface area contributed by atoms with E-state index >= 15 is 0 Å². The summed E-state index contributed by atoms with van der Waals surface area (Å²) in [6.07, 6.45) is 0.340. The summed E-state index contributed by atoms with van der Waals surface area (Å²) in [6, 6.07) is 3.84. The van der Waals surface area contributed by atoms with Gasteiger partial charge < -0.3 is 24.3 Å². The average molecular weight is 332 g/mol. The summed E-state index contributed by atoms with van der Waals surface area (Å²) in [5, 5.41) is 3.29. The monoisotopic (exact) mass is 331 g/mol. The van der Waals surface area contributed by atoms with Crippen molar-refractivity contribution < 1.29 is 23.7 Å². The first-order valence-electron chi connectivity index (χ1n) is 6.97. The van der Waals surface area contributed by atoms with Gasteiger partial charge in [-0.3, -0.25) is 4.79 Å². The molecule has 1 aromatic carbocycles. The molecule has 22 heavy (non-hydrogen) atoms. The van der Waals surface area contributed by atoms with Gasteiger partial charge in [-0.2, -0.15) is 0 Å². The summed E-state index contributed by atoms with van der Waals surface area (Å²) in [5.41, 5.74) is 1.01. The zero-order valence-electron chi connectivity index (χ0n) is 13.0. The summed E-state index contributed by atoms with van der Waals surface area (Å²) < 4.78 is 21.2. The van der Waals surface area contributed by atoms with E-state index in [0.717, 1.165) is 5.56 Å². The highest BCUT2D eigenvalue weighted by molar-refractivity contribution is 5.85. The Morgan fingerprint density at radius 1 is 1.36 bits per heavy atom. The first kappa shape index (κ1) is 18.4. The van der Waals surface area contributed by atoms with Gasteiger partial charge in [-0.05, 0) is 19.1 Å². The minimum absolute atomic E-state index is 0. The third-order valence-corrected chi connectivity index (χ3v) is 3.33. The van der Waals surface area contributed by atoms with Gasteiger partial charge >= 0.3 is 5.97 Å². The molecule has 1 atom stereocenters. The first-order chi connectivity index (χ1) is 10.2. The third-order valence-electron chi connectivity index (χ3n) is 3.33. The maximum Gasteiger partial charge on any atom is 0.307 e. The molecule has 1 aliphatic rings. The number of carbonyl (C=O) groups excluding carboxylic acids is 1. The molecule has 0 saturated heterocycles. The molecule has 0 spiro atoms. The van der Waals surface area contributed by atoms with Crippen LogP contribution in [0.4, 0.5) is 0 Å². The molecule has 1 aromatic rings. The van der Waals surface area contributed by atoms with Gasteiger partial charge in [0, 0.05) is 12.1 Å². The lowest BCUT2D eigenvalue weighted by Gasteiger charge is -2.13. The number of hydrogen-bond donors (Lipinski definition) is 1. The van der Waals surface area contributed by atoms with Crippen LogP contribution < -0.4 is 19.5 Å². The molecule has 0 bridgehead atoms. The number of fused-ring (bicyclic) bond motifs is 1. The van der Waals surface area contributed by atoms with E-state index in [1.54, 1.807) is 21.1 Å². The van der Waals surface area contributed by atoms with Crippen molar-refractivity contribution in [3.8, 4) is 17.2 Å². The molecule has 0 saturated carbocycles. The van der Waals surface area contributed by atoms with Crippen molar-refractivity contribution in [1.29, 1.82) is 0 Å². The van der Waals surface area contributed by atoms with E-state index in [4.69, 9.17) is 18.9 Å². The second-order valence-electron chi connectivity index (χ2n) is 4.59. The number of nitrogens with one attached hydrogen (secondary N) is 1. The summed E-state index contributed by atoms with van der Waals surface area (Å²) in [7, 11) is 3.18. The van der Waals surface area contributed by atoms with E-state index < -0.39 is 0 Å². The second-order valence-corrected chi connectivity index (χ2v) is 4.59. The molecule has 0 amide bonds. The topological polar surface area (TPSA) is 66.0 Å². The number of benzene rings is 1. The van der Waals surface area contributed by atoms with E-state index in [1.807, 2.05) is 12.1 Å². The predicted molar refractivity (Wildman–Crippen MR) is 84.3 cm³/mol. The fraction of sp³-hybridized carbons (Fsp3) is 0.533. The highest BCUT2D eigenvalue weighted by Crippen LogP contribution is 2.45. The highest BCUT2D eigenvalue weighted by Gasteiger charge is 2.28. The lowest BCUT2D eigenvalue weighted by Crippen LogP contribution is -2.25. The molecule has 7 heteroatoms. The van der Waals surface area contributed by atoms with Crippen LogP contribution in [0.5, 0.6) is 17.2 Å². The molecule has 124 valence electrons. The van der Waals surface area contributed by atoms with Crippen LogP contribution in [0.25, 0.3) is 0 Å². The predicted octanol–water partition coefficient (Wildman–Crippen LogP) is 2.10. The lowest BCUT2D eigenvalue weighted by atomic mass is 10.1. The van der Waals surface area contributed by atoms with Gasteiger partial charge in [0.15, 0.2) is 11.5 Å². The quantitative estimate of drug-likeness (QED) is 0.772. The Labute approximate surface area is 136 Å². The zero-order valence-corrected chi connectivity index (χ0v) is 13.8. The summed E-state index contributed by atoms with van der Waals surface area (Å²) in [6.45, 7) is 3.25. The van der Waals surface area contributed by atoms with Crippen molar-refractivity contribution in [3.63, 3.8) is 0 Å². The van der Waals surface area contributed by atoms with Crippen LogP contribution in [0.3, 0.4) is 0 Å². The second kappa shape index (κ2) is 8.70. The Hall–Kier alpha value is -1.66. The minimum atomic E-state index is -0.198. The van der Waals surface area contributed by atoms with Crippen molar-refractivity contribution in [3.05, 3.63) is 17.7 Å². The minimum Gasteiger partial charge on any atom is -0.493 e. The molecular formula is C15H22ClNO5. The lowest BCUT2D eigenvalue weighted by molar-refractivity contribution is -0.143. The van der Waals surface area contributed by atoms with Crippen LogP contribution in [0.1, 0.15) is 24.9 Å². The normalized spacial score (nSPS) is 15.3. The van der Waals surface area contributed by atoms with E-state index in [1.165, 1.54) is 0 Å². The number of hydrogen-bond acceptors (Lipinski definition) is 6. The van der Waals surface area contributed by atoms with Gasteiger partial charge in [0.2, 0.25) is 5.75 Å². The molecule has 0 radical (unpaired) electrons. The third kappa shape index (κ3) is 3.96. The molecule has 0 aromatic heterocycles. The van der Waals surface area contributed by atoms with Crippen molar-refractivity contribution in [1.82, 2.24) is 5.32 Å². The SMILES string of the molecule is CCOC(=O)CCNC1COc2c1ccc(OC)c2OC.Cl. The fourth-order valence-electron chi connectivity index (χ4n) is 2.34. The van der Waals surface area contributed by atoms with Crippen LogP contribution in [0, 0.1) is 0 Å². The number of ether oxygens (including phenoxy) is 4. The maximum absolute atomic E-state index is 11.3. The van der Waals surface area contributed by atoms with Crippen LogP contribution in [0.2, 0.25) is 0 Å². The molecule has 1 heterocycles. The van der Waals surface area contributed by atoms with E-state index in [9.17, 15) is 4.79 Å². The Morgan fingerprint density at radius 3 is 2.77 bits per heavy atom. The van der Waals surface area contributed by atoms with Crippen molar-refractivity contribution in [2.24, 2.45) is 0 Å². The number of methoxy groups -OCH3 is 2. The Kier molecular flexibility index (Phi) is 7.27. The molecular weight excluding hydrogens is 310 g/mol. The van der Waals surface area contributed by atoms with Crippen LogP contribution >= 0.6 is 12.4 Å². The molecule has 0 fully saturated rings. The average Bonchev–Trinajstić information content (AvgIpc) is 2.89. The van der Waals surface area contributed by atoms with Crippen LogP contribution in [-0.2, 0) is 9.53 Å². The molecule has 1 aliphatic heterocycles. The van der Waals surface area contributed by atoms with Gasteiger partial charge in [-0.25, -0.2) is 0 Å².